The summed E-state index contributed by atoms with van der Waals surface area (Å²) in [4.78, 5) is 0.930. The van der Waals surface area contributed by atoms with Gasteiger partial charge in [-0.15, -0.1) is 11.3 Å². The fourth-order valence-electron chi connectivity index (χ4n) is 1.82. The summed E-state index contributed by atoms with van der Waals surface area (Å²) in [6.07, 6.45) is 0. The highest BCUT2D eigenvalue weighted by molar-refractivity contribution is 9.10. The molecule has 18 heavy (non-hydrogen) atoms. The summed E-state index contributed by atoms with van der Waals surface area (Å²) >= 11 is 4.91. The summed E-state index contributed by atoms with van der Waals surface area (Å²) in [6.45, 7) is 1.55. The van der Waals surface area contributed by atoms with E-state index in [2.05, 4.69) is 21.2 Å². The monoisotopic (exact) mass is 331 g/mol. The Hall–Kier alpha value is -0.780. The van der Waals surface area contributed by atoms with Gasteiger partial charge in [-0.25, -0.2) is 8.78 Å². The summed E-state index contributed by atoms with van der Waals surface area (Å²) in [6, 6.07) is 4.04. The molecule has 1 N–H and O–H groups in total. The van der Waals surface area contributed by atoms with Crippen LogP contribution in [-0.2, 0) is 0 Å². The maximum absolute atomic E-state index is 14.0. The minimum Gasteiger partial charge on any atom is -0.309 e. The average molecular weight is 332 g/mol. The van der Waals surface area contributed by atoms with Crippen LogP contribution in [0.4, 0.5) is 8.78 Å². The lowest BCUT2D eigenvalue weighted by molar-refractivity contribution is 0.555. The van der Waals surface area contributed by atoms with E-state index in [1.165, 1.54) is 23.5 Å². The van der Waals surface area contributed by atoms with Gasteiger partial charge in [-0.3, -0.25) is 0 Å². The molecule has 0 aliphatic rings. The normalized spacial score (nSPS) is 12.7. The highest BCUT2D eigenvalue weighted by Crippen LogP contribution is 2.34. The molecule has 0 amide bonds. The van der Waals surface area contributed by atoms with Gasteiger partial charge in [0, 0.05) is 14.9 Å². The van der Waals surface area contributed by atoms with Crippen LogP contribution in [0.25, 0.3) is 0 Å². The van der Waals surface area contributed by atoms with Crippen molar-refractivity contribution in [3.8, 4) is 0 Å². The Balaban J connectivity index is 2.52. The molecule has 1 atom stereocenters. The molecule has 0 bridgehead atoms. The van der Waals surface area contributed by atoms with Gasteiger partial charge in [0.2, 0.25) is 0 Å². The van der Waals surface area contributed by atoms with Gasteiger partial charge in [-0.1, -0.05) is 0 Å². The Kier molecular flexibility index (Phi) is 4.14. The second kappa shape index (κ2) is 5.47. The van der Waals surface area contributed by atoms with E-state index in [4.69, 9.17) is 0 Å². The summed E-state index contributed by atoms with van der Waals surface area (Å²) in [5.74, 6) is -0.784. The van der Waals surface area contributed by atoms with Crippen molar-refractivity contribution in [2.45, 2.75) is 13.0 Å². The molecule has 0 spiro atoms. The molecule has 2 rings (SSSR count). The van der Waals surface area contributed by atoms with Crippen LogP contribution in [0, 0.1) is 18.6 Å². The van der Waals surface area contributed by atoms with Gasteiger partial charge in [0.15, 0.2) is 0 Å². The Morgan fingerprint density at radius 1 is 1.28 bits per heavy atom. The van der Waals surface area contributed by atoms with E-state index in [9.17, 15) is 8.78 Å². The van der Waals surface area contributed by atoms with E-state index in [0.717, 1.165) is 9.35 Å². The zero-order valence-electron chi connectivity index (χ0n) is 9.93. The van der Waals surface area contributed by atoms with E-state index in [0.29, 0.717) is 11.1 Å². The van der Waals surface area contributed by atoms with Crippen molar-refractivity contribution >= 4 is 27.3 Å². The molecule has 0 aliphatic heterocycles. The molecule has 1 unspecified atom stereocenters. The van der Waals surface area contributed by atoms with Crippen LogP contribution in [0.1, 0.15) is 22.0 Å². The van der Waals surface area contributed by atoms with Crippen LogP contribution < -0.4 is 5.32 Å². The largest absolute Gasteiger partial charge is 0.309 e. The number of rotatable bonds is 3. The van der Waals surface area contributed by atoms with Crippen LogP contribution in [-0.4, -0.2) is 7.05 Å². The van der Waals surface area contributed by atoms with Gasteiger partial charge in [-0.2, -0.15) is 0 Å². The zero-order valence-corrected chi connectivity index (χ0v) is 12.3. The van der Waals surface area contributed by atoms with Gasteiger partial charge >= 0.3 is 0 Å². The lowest BCUT2D eigenvalue weighted by Crippen LogP contribution is -2.18. The van der Waals surface area contributed by atoms with Crippen molar-refractivity contribution in [3.05, 3.63) is 55.7 Å². The van der Waals surface area contributed by atoms with Gasteiger partial charge < -0.3 is 5.32 Å². The first-order valence-electron chi connectivity index (χ1n) is 5.40. The van der Waals surface area contributed by atoms with E-state index in [1.807, 2.05) is 11.4 Å². The Bertz CT molecular complexity index is 568. The minimum absolute atomic E-state index is 0.316. The first-order chi connectivity index (χ1) is 8.54. The fraction of sp³-hybridized carbons (Fsp3) is 0.231. The van der Waals surface area contributed by atoms with Crippen molar-refractivity contribution in [3.63, 3.8) is 0 Å². The van der Waals surface area contributed by atoms with Crippen LogP contribution >= 0.6 is 27.3 Å². The summed E-state index contributed by atoms with van der Waals surface area (Å²) in [5, 5.41) is 4.93. The second-order valence-electron chi connectivity index (χ2n) is 3.98. The number of hydrogen-bond acceptors (Lipinski definition) is 2. The SMILES string of the molecule is CNC(c1cc(F)c(C)cc1F)c1sccc1Br. The number of thiophene rings is 1. The number of aryl methyl sites for hydroxylation is 1. The van der Waals surface area contributed by atoms with E-state index in [-0.39, 0.29) is 11.9 Å². The molecule has 5 heteroatoms. The molecule has 96 valence electrons. The van der Waals surface area contributed by atoms with Crippen molar-refractivity contribution in [1.29, 1.82) is 0 Å². The van der Waals surface area contributed by atoms with Crippen LogP contribution in [0.5, 0.6) is 0 Å². The van der Waals surface area contributed by atoms with Crippen LogP contribution in [0.15, 0.2) is 28.1 Å². The summed E-state index contributed by atoms with van der Waals surface area (Å²) < 4.78 is 28.5. The Labute approximate surface area is 117 Å². The fourth-order valence-corrected chi connectivity index (χ4v) is 3.55. The summed E-state index contributed by atoms with van der Waals surface area (Å²) in [7, 11) is 1.73. The average Bonchev–Trinajstić information content (AvgIpc) is 2.73. The van der Waals surface area contributed by atoms with E-state index < -0.39 is 5.82 Å². The molecule has 1 nitrogen and oxygen atoms in total. The lowest BCUT2D eigenvalue weighted by atomic mass is 10.0. The van der Waals surface area contributed by atoms with Gasteiger partial charge in [-0.05, 0) is 59.0 Å². The highest BCUT2D eigenvalue weighted by Gasteiger charge is 2.21. The van der Waals surface area contributed by atoms with Crippen LogP contribution in [0.3, 0.4) is 0 Å². The third-order valence-electron chi connectivity index (χ3n) is 2.78. The number of benzene rings is 1. The topological polar surface area (TPSA) is 12.0 Å². The third kappa shape index (κ3) is 2.48. The molecular weight excluding hydrogens is 320 g/mol. The minimum atomic E-state index is -0.395. The smallest absolute Gasteiger partial charge is 0.128 e. The standard InChI is InChI=1S/C13H12BrF2NS/c1-7-5-11(16)8(6-10(7)15)12(17-2)13-9(14)3-4-18-13/h3-6,12,17H,1-2H3. The van der Waals surface area contributed by atoms with Gasteiger partial charge in [0.05, 0.1) is 6.04 Å². The van der Waals surface area contributed by atoms with Gasteiger partial charge in [0.1, 0.15) is 11.6 Å². The third-order valence-corrected chi connectivity index (χ3v) is 4.72. The molecule has 0 fully saturated rings. The second-order valence-corrected chi connectivity index (χ2v) is 5.78. The maximum atomic E-state index is 14.0. The predicted molar refractivity (Wildman–Crippen MR) is 74.0 cm³/mol. The molecule has 2 aromatic rings. The molecule has 0 saturated carbocycles. The molecule has 0 aliphatic carbocycles. The Morgan fingerprint density at radius 3 is 2.56 bits per heavy atom. The van der Waals surface area contributed by atoms with Crippen molar-refractivity contribution in [1.82, 2.24) is 5.32 Å². The van der Waals surface area contributed by atoms with Crippen LogP contribution in [0.2, 0.25) is 0 Å². The highest BCUT2D eigenvalue weighted by atomic mass is 79.9. The first-order valence-corrected chi connectivity index (χ1v) is 7.07. The van der Waals surface area contributed by atoms with Crippen molar-refractivity contribution in [2.75, 3.05) is 7.05 Å². The first kappa shape index (κ1) is 13.6. The Morgan fingerprint density at radius 2 is 2.00 bits per heavy atom. The molecular formula is C13H12BrF2NS. The number of nitrogens with one attached hydrogen (secondary N) is 1. The number of halogens is 3. The van der Waals surface area contributed by atoms with Crippen molar-refractivity contribution < 1.29 is 8.78 Å². The zero-order chi connectivity index (χ0) is 13.3. The van der Waals surface area contributed by atoms with E-state index >= 15 is 0 Å². The molecule has 0 saturated heterocycles. The number of hydrogen-bond donors (Lipinski definition) is 1. The predicted octanol–water partition coefficient (Wildman–Crippen LogP) is 4.41. The van der Waals surface area contributed by atoms with E-state index in [1.54, 1.807) is 14.0 Å². The maximum Gasteiger partial charge on any atom is 0.128 e. The molecule has 0 radical (unpaired) electrons. The quantitative estimate of drug-likeness (QED) is 0.878. The lowest BCUT2D eigenvalue weighted by Gasteiger charge is -2.17. The molecule has 1 heterocycles. The molecule has 1 aromatic heterocycles. The molecule has 1 aromatic carbocycles. The van der Waals surface area contributed by atoms with Crippen molar-refractivity contribution in [2.24, 2.45) is 0 Å². The summed E-state index contributed by atoms with van der Waals surface area (Å²) in [5.41, 5.74) is 0.639. The van der Waals surface area contributed by atoms with Gasteiger partial charge in [0.25, 0.3) is 0 Å².